The molecule has 0 aromatic carbocycles. The number of thiophene rings is 1. The molecule has 1 N–H and O–H groups in total. The van der Waals surface area contributed by atoms with Gasteiger partial charge in [-0.1, -0.05) is 19.8 Å². The molecule has 90 valence electrons. The zero-order valence-electron chi connectivity index (χ0n) is 9.35. The number of carbonyl (C=O) groups excluding carboxylic acids is 1. The highest BCUT2D eigenvalue weighted by Gasteiger charge is 2.15. The Morgan fingerprint density at radius 2 is 2.25 bits per heavy atom. The van der Waals surface area contributed by atoms with Crippen molar-refractivity contribution in [3.63, 3.8) is 0 Å². The summed E-state index contributed by atoms with van der Waals surface area (Å²) in [6.07, 6.45) is 3.34. The first-order chi connectivity index (χ1) is 7.54. The molecular weight excluding hydrogens is 354 g/mol. The van der Waals surface area contributed by atoms with Crippen molar-refractivity contribution in [3.05, 3.63) is 19.2 Å². The standard InChI is InChI=1S/C11H15Br2NOS/c1-3-4-5-7(2)14-11(15)8-6-9(12)16-10(8)13/h6-7H,3-5H2,1-2H3,(H,14,15). The van der Waals surface area contributed by atoms with Gasteiger partial charge >= 0.3 is 0 Å². The quantitative estimate of drug-likeness (QED) is 0.809. The van der Waals surface area contributed by atoms with Crippen molar-refractivity contribution in [2.75, 3.05) is 0 Å². The zero-order valence-corrected chi connectivity index (χ0v) is 13.3. The van der Waals surface area contributed by atoms with E-state index in [0.29, 0.717) is 5.56 Å². The fraction of sp³-hybridized carbons (Fsp3) is 0.545. The third kappa shape index (κ3) is 4.18. The van der Waals surface area contributed by atoms with E-state index in [2.05, 4.69) is 44.1 Å². The van der Waals surface area contributed by atoms with Crippen LogP contribution in [0.4, 0.5) is 0 Å². The molecule has 0 aliphatic heterocycles. The van der Waals surface area contributed by atoms with Crippen LogP contribution in [0.2, 0.25) is 0 Å². The highest BCUT2D eigenvalue weighted by Crippen LogP contribution is 2.31. The fourth-order valence-electron chi connectivity index (χ4n) is 1.38. The molecule has 0 aliphatic rings. The number of halogens is 2. The summed E-state index contributed by atoms with van der Waals surface area (Å²) in [5.41, 5.74) is 0.709. The van der Waals surface area contributed by atoms with Gasteiger partial charge in [-0.3, -0.25) is 4.79 Å². The van der Waals surface area contributed by atoms with E-state index in [1.165, 1.54) is 11.3 Å². The van der Waals surface area contributed by atoms with E-state index in [1.807, 2.05) is 13.0 Å². The van der Waals surface area contributed by atoms with E-state index in [9.17, 15) is 4.79 Å². The number of hydrogen-bond donors (Lipinski definition) is 1. The van der Waals surface area contributed by atoms with Gasteiger partial charge in [0.25, 0.3) is 5.91 Å². The topological polar surface area (TPSA) is 29.1 Å². The summed E-state index contributed by atoms with van der Waals surface area (Å²) in [5.74, 6) is -0.00238. The zero-order chi connectivity index (χ0) is 12.1. The van der Waals surface area contributed by atoms with Gasteiger partial charge < -0.3 is 5.32 Å². The van der Waals surface area contributed by atoms with Crippen molar-refractivity contribution in [2.45, 2.75) is 39.2 Å². The molecule has 0 bridgehead atoms. The first-order valence-electron chi connectivity index (χ1n) is 5.30. The van der Waals surface area contributed by atoms with Crippen LogP contribution in [0.1, 0.15) is 43.5 Å². The minimum absolute atomic E-state index is 0.00238. The van der Waals surface area contributed by atoms with Crippen molar-refractivity contribution in [3.8, 4) is 0 Å². The first kappa shape index (κ1) is 14.2. The Hall–Kier alpha value is 0.130. The van der Waals surface area contributed by atoms with E-state index in [-0.39, 0.29) is 11.9 Å². The van der Waals surface area contributed by atoms with Crippen molar-refractivity contribution in [1.82, 2.24) is 5.32 Å². The molecule has 0 spiro atoms. The Balaban J connectivity index is 2.55. The molecule has 1 rings (SSSR count). The van der Waals surface area contributed by atoms with Crippen LogP contribution in [-0.4, -0.2) is 11.9 Å². The minimum Gasteiger partial charge on any atom is -0.350 e. The van der Waals surface area contributed by atoms with Crippen LogP contribution in [0.5, 0.6) is 0 Å². The lowest BCUT2D eigenvalue weighted by Crippen LogP contribution is -2.32. The molecule has 2 nitrogen and oxygen atoms in total. The van der Waals surface area contributed by atoms with Crippen molar-refractivity contribution in [2.24, 2.45) is 0 Å². The molecule has 0 saturated heterocycles. The Bertz CT molecular complexity index is 365. The summed E-state index contributed by atoms with van der Waals surface area (Å²) in [5, 5.41) is 3.00. The summed E-state index contributed by atoms with van der Waals surface area (Å²) in [4.78, 5) is 11.9. The van der Waals surface area contributed by atoms with Gasteiger partial charge in [0.2, 0.25) is 0 Å². The lowest BCUT2D eigenvalue weighted by molar-refractivity contribution is 0.0937. The van der Waals surface area contributed by atoms with Gasteiger partial charge in [0, 0.05) is 6.04 Å². The maximum Gasteiger partial charge on any atom is 0.253 e. The average Bonchev–Trinajstić information content (AvgIpc) is 2.54. The van der Waals surface area contributed by atoms with Crippen LogP contribution < -0.4 is 5.32 Å². The smallest absolute Gasteiger partial charge is 0.253 e. The van der Waals surface area contributed by atoms with E-state index >= 15 is 0 Å². The molecular formula is C11H15Br2NOS. The molecule has 16 heavy (non-hydrogen) atoms. The Morgan fingerprint density at radius 1 is 1.56 bits per heavy atom. The number of carbonyl (C=O) groups is 1. The SMILES string of the molecule is CCCCC(C)NC(=O)c1cc(Br)sc1Br. The molecule has 0 radical (unpaired) electrons. The monoisotopic (exact) mass is 367 g/mol. The second-order valence-electron chi connectivity index (χ2n) is 3.75. The molecule has 5 heteroatoms. The van der Waals surface area contributed by atoms with E-state index in [4.69, 9.17) is 0 Å². The molecule has 1 unspecified atom stereocenters. The summed E-state index contributed by atoms with van der Waals surface area (Å²) < 4.78 is 1.84. The van der Waals surface area contributed by atoms with Gasteiger partial charge in [0.1, 0.15) is 0 Å². The molecule has 1 heterocycles. The average molecular weight is 369 g/mol. The second kappa shape index (κ2) is 6.77. The molecule has 0 saturated carbocycles. The predicted molar refractivity (Wildman–Crippen MR) is 76.2 cm³/mol. The largest absolute Gasteiger partial charge is 0.350 e. The highest BCUT2D eigenvalue weighted by molar-refractivity contribution is 9.12. The molecule has 0 fully saturated rings. The maximum absolute atomic E-state index is 11.9. The third-order valence-corrected chi connectivity index (χ3v) is 4.61. The van der Waals surface area contributed by atoms with Crippen LogP contribution in [0, 0.1) is 0 Å². The molecule has 1 aromatic heterocycles. The lowest BCUT2D eigenvalue weighted by atomic mass is 10.1. The van der Waals surface area contributed by atoms with Crippen molar-refractivity contribution in [1.29, 1.82) is 0 Å². The second-order valence-corrected chi connectivity index (χ2v) is 7.50. The Labute approximate surface area is 117 Å². The van der Waals surface area contributed by atoms with Gasteiger partial charge in [-0.2, -0.15) is 0 Å². The normalized spacial score (nSPS) is 12.5. The number of hydrogen-bond acceptors (Lipinski definition) is 2. The third-order valence-electron chi connectivity index (χ3n) is 2.27. The van der Waals surface area contributed by atoms with Gasteiger partial charge in [0.05, 0.1) is 13.1 Å². The molecule has 1 atom stereocenters. The van der Waals surface area contributed by atoms with E-state index in [0.717, 1.165) is 26.8 Å². The number of nitrogens with one attached hydrogen (secondary N) is 1. The van der Waals surface area contributed by atoms with E-state index < -0.39 is 0 Å². The minimum atomic E-state index is -0.00238. The summed E-state index contributed by atoms with van der Waals surface area (Å²) >= 11 is 8.27. The number of rotatable bonds is 5. The van der Waals surface area contributed by atoms with Crippen molar-refractivity contribution >= 4 is 49.1 Å². The van der Waals surface area contributed by atoms with Gasteiger partial charge in [0.15, 0.2) is 0 Å². The van der Waals surface area contributed by atoms with Crippen LogP contribution >= 0.6 is 43.2 Å². The Morgan fingerprint density at radius 3 is 2.75 bits per heavy atom. The molecule has 0 aliphatic carbocycles. The lowest BCUT2D eigenvalue weighted by Gasteiger charge is -2.12. The van der Waals surface area contributed by atoms with Gasteiger partial charge in [-0.25, -0.2) is 0 Å². The van der Waals surface area contributed by atoms with Crippen molar-refractivity contribution < 1.29 is 4.79 Å². The maximum atomic E-state index is 11.9. The number of unbranched alkanes of at least 4 members (excludes halogenated alkanes) is 1. The van der Waals surface area contributed by atoms with Crippen LogP contribution in [-0.2, 0) is 0 Å². The Kier molecular flexibility index (Phi) is 6.00. The summed E-state index contributed by atoms with van der Waals surface area (Å²) in [6.45, 7) is 4.20. The van der Waals surface area contributed by atoms with Gasteiger partial charge in [-0.05, 0) is 51.3 Å². The summed E-state index contributed by atoms with van der Waals surface area (Å²) in [6, 6.07) is 2.08. The summed E-state index contributed by atoms with van der Waals surface area (Å²) in [7, 11) is 0. The number of amides is 1. The van der Waals surface area contributed by atoms with Crippen LogP contribution in [0.3, 0.4) is 0 Å². The van der Waals surface area contributed by atoms with Gasteiger partial charge in [-0.15, -0.1) is 11.3 Å². The molecule has 1 amide bonds. The van der Waals surface area contributed by atoms with E-state index in [1.54, 1.807) is 0 Å². The fourth-order valence-corrected chi connectivity index (χ4v) is 4.17. The predicted octanol–water partition coefficient (Wildman–Crippen LogP) is 4.58. The highest BCUT2D eigenvalue weighted by atomic mass is 79.9. The first-order valence-corrected chi connectivity index (χ1v) is 7.70. The van der Waals surface area contributed by atoms with Crippen LogP contribution in [0.25, 0.3) is 0 Å². The van der Waals surface area contributed by atoms with Crippen LogP contribution in [0.15, 0.2) is 13.6 Å². The molecule has 1 aromatic rings.